The molecule has 2 unspecified atom stereocenters. The van der Waals surface area contributed by atoms with Crippen molar-refractivity contribution in [2.24, 2.45) is 4.99 Å². The van der Waals surface area contributed by atoms with Crippen LogP contribution in [0.2, 0.25) is 0 Å². The number of hydrogen-bond acceptors (Lipinski definition) is 10. The monoisotopic (exact) mass is 1030 g/mol. The highest BCUT2D eigenvalue weighted by Crippen LogP contribution is 2.56. The molecule has 3 aliphatic carbocycles. The molecule has 2 amide bonds. The first-order valence-corrected chi connectivity index (χ1v) is 27.7. The zero-order valence-corrected chi connectivity index (χ0v) is 44.4. The van der Waals surface area contributed by atoms with Crippen molar-refractivity contribution in [2.75, 3.05) is 68.3 Å². The molecule has 5 aliphatic rings. The predicted octanol–water partition coefficient (Wildman–Crippen LogP) is 10.3. The molecule has 13 rings (SSSR count). The molecule has 8 aromatic rings. The third-order valence-electron chi connectivity index (χ3n) is 17.0. The number of rotatable bonds is 15. The standard InChI is InChI=1S/C66H62N8O4/c1-5-73(6-2)35-15-33-67-63(77)41-27-29-45-43-19-9-11-21-49(43)65(51(45)37-41)69-53-23-13-17-39-25-31-47(59(71-65)55(39)53)57-61(75)58(62(57)76)48-32-26-40-18-14-24-54-56(40)60(48)72-66(70-54)50-22-12-10-20-44(50)46-30-28-42(38-52(46)66)64(78)68-34-16-36-74(7-3)8-4/h9-14,17-32,37-38,69,71-72,75H,5-8,15-16,33-36H2,1-4H3,(H,67,77)(H,68,78)/b58-48+. The SMILES string of the molecule is CCN(CC)CCCNC(=O)c1ccc2c(c1)C1(N=c3cccc4cc/c(=C5\C(=O)C(c6ccc7cccc8c7c6NC6(N8)c7ccccc7-c7ccc(C(=O)NCCCN(CC)CC)cc76)=C5O)c(c34)N1)c1ccccc1-2. The van der Waals surface area contributed by atoms with E-state index in [1.807, 2.05) is 121 Å². The second-order valence-electron chi connectivity index (χ2n) is 21.0. The average molecular weight is 1030 g/mol. The summed E-state index contributed by atoms with van der Waals surface area (Å²) in [5, 5.41) is 35.6. The van der Waals surface area contributed by atoms with E-state index < -0.39 is 11.3 Å². The number of carbonyl (C=O) groups excluding carboxylic acids is 3. The number of fused-ring (bicyclic) bond motifs is 10. The van der Waals surface area contributed by atoms with Crippen LogP contribution in [0.15, 0.2) is 156 Å². The topological polar surface area (TPSA) is 150 Å². The molecular weight excluding hydrogens is 969 g/mol. The molecular formula is C66H62N8O4. The summed E-state index contributed by atoms with van der Waals surface area (Å²) in [6, 6.07) is 48.2. The molecule has 8 aromatic carbocycles. The second kappa shape index (κ2) is 19.2. The van der Waals surface area contributed by atoms with Crippen molar-refractivity contribution < 1.29 is 19.5 Å². The molecule has 0 saturated heterocycles. The van der Waals surface area contributed by atoms with Crippen molar-refractivity contribution in [2.45, 2.75) is 51.9 Å². The van der Waals surface area contributed by atoms with Gasteiger partial charge in [0.2, 0.25) is 5.78 Å². The summed E-state index contributed by atoms with van der Waals surface area (Å²) in [7, 11) is 0. The maximum absolute atomic E-state index is 15.4. The van der Waals surface area contributed by atoms with Crippen LogP contribution in [0.5, 0.6) is 0 Å². The van der Waals surface area contributed by atoms with Crippen LogP contribution in [-0.4, -0.2) is 84.9 Å². The van der Waals surface area contributed by atoms with Gasteiger partial charge in [0, 0.05) is 73.7 Å². The number of nitrogens with zero attached hydrogens (tertiary/aromatic N) is 3. The number of hydrogen-bond donors (Lipinski definition) is 6. The highest BCUT2D eigenvalue weighted by molar-refractivity contribution is 6.52. The molecule has 12 nitrogen and oxygen atoms in total. The van der Waals surface area contributed by atoms with Gasteiger partial charge in [0.15, 0.2) is 11.3 Å². The summed E-state index contributed by atoms with van der Waals surface area (Å²) in [5.74, 6) is -0.683. The number of ketones is 1. The van der Waals surface area contributed by atoms with Gasteiger partial charge in [-0.25, -0.2) is 4.99 Å². The van der Waals surface area contributed by atoms with E-state index in [4.69, 9.17) is 4.99 Å². The normalized spacial score (nSPS) is 18.5. The Hall–Kier alpha value is -8.58. The molecule has 0 radical (unpaired) electrons. The summed E-state index contributed by atoms with van der Waals surface area (Å²) < 4.78 is 0. The van der Waals surface area contributed by atoms with Gasteiger partial charge in [0.1, 0.15) is 5.76 Å². The fourth-order valence-electron chi connectivity index (χ4n) is 13.0. The Labute approximate surface area is 453 Å². The Kier molecular flexibility index (Phi) is 12.0. The zero-order chi connectivity index (χ0) is 53.5. The molecule has 6 N–H and O–H groups in total. The predicted molar refractivity (Wildman–Crippen MR) is 312 cm³/mol. The van der Waals surface area contributed by atoms with Crippen LogP contribution < -0.4 is 37.2 Å². The number of nitrogens with one attached hydrogen (secondary N) is 5. The molecule has 390 valence electrons. The van der Waals surface area contributed by atoms with Gasteiger partial charge in [0.25, 0.3) is 11.8 Å². The lowest BCUT2D eigenvalue weighted by molar-refractivity contribution is -0.109. The molecule has 2 spiro atoms. The van der Waals surface area contributed by atoms with E-state index in [9.17, 15) is 14.7 Å². The average Bonchev–Trinajstić information content (AvgIpc) is 3.41. The molecule has 2 heterocycles. The number of aliphatic hydroxyl groups excluding tert-OH is 1. The van der Waals surface area contributed by atoms with Crippen LogP contribution in [0.3, 0.4) is 0 Å². The van der Waals surface area contributed by atoms with Crippen molar-refractivity contribution in [1.29, 1.82) is 0 Å². The molecule has 0 fully saturated rings. The molecule has 0 saturated carbocycles. The summed E-state index contributed by atoms with van der Waals surface area (Å²) in [5.41, 5.74) is 9.69. The minimum atomic E-state index is -1.17. The highest BCUT2D eigenvalue weighted by Gasteiger charge is 2.49. The first-order valence-electron chi connectivity index (χ1n) is 27.7. The van der Waals surface area contributed by atoms with E-state index >= 15 is 4.79 Å². The van der Waals surface area contributed by atoms with Gasteiger partial charge in [-0.1, -0.05) is 137 Å². The van der Waals surface area contributed by atoms with Crippen molar-refractivity contribution >= 4 is 67.4 Å². The van der Waals surface area contributed by atoms with E-state index in [1.165, 1.54) is 0 Å². The van der Waals surface area contributed by atoms with Gasteiger partial charge in [-0.2, -0.15) is 0 Å². The van der Waals surface area contributed by atoms with E-state index in [2.05, 4.69) is 88.3 Å². The Balaban J connectivity index is 0.906. The van der Waals surface area contributed by atoms with Gasteiger partial charge in [-0.15, -0.1) is 0 Å². The number of Topliss-reactive ketones (excluding diaryl/α,β-unsaturated/α-hetero) is 1. The highest BCUT2D eigenvalue weighted by atomic mass is 16.3. The fourth-order valence-corrected chi connectivity index (χ4v) is 13.0. The fraction of sp³-hybridized carbons (Fsp3) is 0.242. The number of anilines is 3. The van der Waals surface area contributed by atoms with E-state index in [1.54, 1.807) is 0 Å². The first kappa shape index (κ1) is 49.0. The van der Waals surface area contributed by atoms with Crippen LogP contribution >= 0.6 is 0 Å². The summed E-state index contributed by atoms with van der Waals surface area (Å²) in [6.07, 6.45) is 1.69. The number of amides is 2. The van der Waals surface area contributed by atoms with E-state index in [-0.39, 0.29) is 34.5 Å². The Morgan fingerprint density at radius 1 is 0.538 bits per heavy atom. The van der Waals surface area contributed by atoms with E-state index in [0.717, 1.165) is 129 Å². The lowest BCUT2D eigenvalue weighted by Crippen LogP contribution is -2.45. The van der Waals surface area contributed by atoms with Crippen LogP contribution in [0.1, 0.15) is 89.1 Å². The molecule has 2 atom stereocenters. The van der Waals surface area contributed by atoms with Crippen LogP contribution in [0, 0.1) is 0 Å². The lowest BCUT2D eigenvalue weighted by Gasteiger charge is -2.41. The van der Waals surface area contributed by atoms with Crippen molar-refractivity contribution in [3.05, 3.63) is 201 Å². The Morgan fingerprint density at radius 2 is 1.10 bits per heavy atom. The molecule has 0 bridgehead atoms. The smallest absolute Gasteiger partial charge is 0.251 e. The summed E-state index contributed by atoms with van der Waals surface area (Å²) in [4.78, 5) is 53.4. The summed E-state index contributed by atoms with van der Waals surface area (Å²) >= 11 is 0. The number of aliphatic hydroxyl groups is 1. The van der Waals surface area contributed by atoms with Gasteiger partial charge in [-0.3, -0.25) is 14.4 Å². The second-order valence-corrected chi connectivity index (χ2v) is 21.0. The Morgan fingerprint density at radius 3 is 1.77 bits per heavy atom. The van der Waals surface area contributed by atoms with E-state index in [0.29, 0.717) is 46.4 Å². The van der Waals surface area contributed by atoms with Crippen LogP contribution in [0.25, 0.3) is 54.9 Å². The third kappa shape index (κ3) is 7.48. The number of benzene rings is 8. The number of allylic oxidation sites excluding steroid dienone is 2. The molecule has 78 heavy (non-hydrogen) atoms. The van der Waals surface area contributed by atoms with Gasteiger partial charge >= 0.3 is 0 Å². The lowest BCUT2D eigenvalue weighted by atomic mass is 9.79. The maximum Gasteiger partial charge on any atom is 0.251 e. The largest absolute Gasteiger partial charge is 0.506 e. The van der Waals surface area contributed by atoms with Crippen molar-refractivity contribution in [3.63, 3.8) is 0 Å². The quantitative estimate of drug-likeness (QED) is 0.0552. The van der Waals surface area contributed by atoms with Crippen LogP contribution in [-0.2, 0) is 16.1 Å². The molecule has 0 aromatic heterocycles. The minimum Gasteiger partial charge on any atom is -0.506 e. The van der Waals surface area contributed by atoms with Gasteiger partial charge in [0.05, 0.1) is 27.9 Å². The zero-order valence-electron chi connectivity index (χ0n) is 44.4. The van der Waals surface area contributed by atoms with Crippen molar-refractivity contribution in [1.82, 2.24) is 20.4 Å². The summed E-state index contributed by atoms with van der Waals surface area (Å²) in [6.45, 7) is 15.4. The molecule has 2 aliphatic heterocycles. The van der Waals surface area contributed by atoms with Crippen LogP contribution in [0.4, 0.5) is 17.1 Å². The first-order chi connectivity index (χ1) is 38.1. The van der Waals surface area contributed by atoms with Gasteiger partial charge < -0.3 is 41.5 Å². The van der Waals surface area contributed by atoms with Gasteiger partial charge in [-0.05, 0) is 122 Å². The number of carbonyl (C=O) groups is 3. The Bertz CT molecular complexity index is 4030. The maximum atomic E-state index is 15.4. The molecule has 12 heteroatoms. The van der Waals surface area contributed by atoms with Crippen molar-refractivity contribution in [3.8, 4) is 22.3 Å². The minimum absolute atomic E-state index is 0.103. The third-order valence-corrected chi connectivity index (χ3v) is 17.0.